The molecule has 15 heavy (non-hydrogen) atoms. The summed E-state index contributed by atoms with van der Waals surface area (Å²) in [6.45, 7) is 0. The molecule has 0 aliphatic rings. The second-order valence-electron chi connectivity index (χ2n) is 1.84. The van der Waals surface area contributed by atoms with E-state index in [0.717, 1.165) is 6.29 Å². The normalized spacial score (nSPS) is 7.73. The van der Waals surface area contributed by atoms with Crippen LogP contribution in [0.1, 0.15) is 10.4 Å². The van der Waals surface area contributed by atoms with E-state index in [1.165, 1.54) is 0 Å². The number of carbonyl (C=O) groups is 1. The van der Waals surface area contributed by atoms with Gasteiger partial charge in [-0.05, 0) is 6.07 Å². The summed E-state index contributed by atoms with van der Waals surface area (Å²) < 4.78 is 25.3. The Morgan fingerprint density at radius 1 is 1.20 bits per heavy atom. The maximum absolute atomic E-state index is 10.1. The summed E-state index contributed by atoms with van der Waals surface area (Å²) in [7, 11) is 0. The molecule has 8 heteroatoms. The van der Waals surface area contributed by atoms with Crippen molar-refractivity contribution in [3.63, 3.8) is 0 Å². The van der Waals surface area contributed by atoms with Crippen LogP contribution >= 0.6 is 11.6 Å². The molecule has 0 amide bonds. The van der Waals surface area contributed by atoms with Crippen LogP contribution in [-0.2, 0) is 11.4 Å². The van der Waals surface area contributed by atoms with Crippen molar-refractivity contribution in [2.75, 3.05) is 0 Å². The van der Waals surface area contributed by atoms with Crippen LogP contribution in [0, 0.1) is 0 Å². The van der Waals surface area contributed by atoms with Gasteiger partial charge < -0.3 is 9.11 Å². The van der Waals surface area contributed by atoms with Gasteiger partial charge in [-0.1, -0.05) is 29.8 Å². The summed E-state index contributed by atoms with van der Waals surface area (Å²) in [5, 5.41) is 0.507. The summed E-state index contributed by atoms with van der Waals surface area (Å²) in [4.78, 5) is 10.1. The molecule has 1 rings (SSSR count). The summed E-state index contributed by atoms with van der Waals surface area (Å²) in [6.07, 6.45) is 0.738. The van der Waals surface area contributed by atoms with Gasteiger partial charge >= 0.3 is 59.1 Å². The van der Waals surface area contributed by atoms with E-state index >= 15 is 0 Å². The van der Waals surface area contributed by atoms with Crippen LogP contribution in [0.25, 0.3) is 0 Å². The van der Waals surface area contributed by atoms with Gasteiger partial charge in [0, 0.05) is 5.56 Å². The van der Waals surface area contributed by atoms with Gasteiger partial charge in [0.2, 0.25) is 0 Å². The standard InChI is InChI=1S/C7H5ClO.2Na.H2O3S/c8-7-4-2-1-3-6(7)5-9;;;1-4(2)3/h1-5H;;;(H2,1,2,3)/q;2*+1;/p-2. The number of halogens is 1. The fourth-order valence-electron chi connectivity index (χ4n) is 0.571. The van der Waals surface area contributed by atoms with E-state index in [2.05, 4.69) is 0 Å². The Morgan fingerprint density at radius 3 is 1.87 bits per heavy atom. The number of carbonyl (C=O) groups excluding carboxylic acids is 1. The predicted molar refractivity (Wildman–Crippen MR) is 46.5 cm³/mol. The SMILES string of the molecule is O=Cc1ccccc1Cl.O=S([O-])[O-].[Na+].[Na+]. The maximum atomic E-state index is 10.1. The van der Waals surface area contributed by atoms with Crippen molar-refractivity contribution < 1.29 is 77.2 Å². The minimum atomic E-state index is -3.11. The van der Waals surface area contributed by atoms with E-state index in [0.29, 0.717) is 10.6 Å². The van der Waals surface area contributed by atoms with Crippen LogP contribution in [0.15, 0.2) is 24.3 Å². The third-order valence-corrected chi connectivity index (χ3v) is 1.38. The number of rotatable bonds is 1. The van der Waals surface area contributed by atoms with Gasteiger partial charge in [-0.25, -0.2) is 0 Å². The van der Waals surface area contributed by atoms with E-state index in [9.17, 15) is 4.79 Å². The summed E-state index contributed by atoms with van der Waals surface area (Å²) in [5.41, 5.74) is 0.541. The second kappa shape index (κ2) is 13.3. The molecule has 4 nitrogen and oxygen atoms in total. The molecule has 0 heterocycles. The molecule has 1 aromatic carbocycles. The molecule has 0 radical (unpaired) electrons. The van der Waals surface area contributed by atoms with E-state index < -0.39 is 11.4 Å². The molecule has 0 saturated heterocycles. The molecule has 0 N–H and O–H groups in total. The molecule has 0 aliphatic heterocycles. The Morgan fingerprint density at radius 2 is 1.60 bits per heavy atom. The molecule has 1 aromatic rings. The Kier molecular flexibility index (Phi) is 19.1. The van der Waals surface area contributed by atoms with Crippen LogP contribution in [0.2, 0.25) is 5.02 Å². The Hall–Kier alpha value is 1.25. The van der Waals surface area contributed by atoms with Crippen molar-refractivity contribution in [3.8, 4) is 0 Å². The first-order chi connectivity index (χ1) is 6.07. The first-order valence-electron chi connectivity index (χ1n) is 3.04. The maximum Gasteiger partial charge on any atom is 1.00 e. The molecular weight excluding hydrogens is 262 g/mol. The smallest absolute Gasteiger partial charge is 0.784 e. The van der Waals surface area contributed by atoms with Crippen molar-refractivity contribution in [1.82, 2.24) is 0 Å². The van der Waals surface area contributed by atoms with Gasteiger partial charge in [0.1, 0.15) is 0 Å². The van der Waals surface area contributed by atoms with E-state index in [-0.39, 0.29) is 59.1 Å². The molecule has 0 bridgehead atoms. The van der Waals surface area contributed by atoms with Crippen LogP contribution in [0.4, 0.5) is 0 Å². The zero-order valence-electron chi connectivity index (χ0n) is 8.31. The van der Waals surface area contributed by atoms with Gasteiger partial charge in [-0.2, -0.15) is 0 Å². The number of aldehydes is 1. The Bertz CT molecular complexity index is 307. The third kappa shape index (κ3) is 13.2. The number of benzene rings is 1. The van der Waals surface area contributed by atoms with E-state index in [4.69, 9.17) is 24.9 Å². The van der Waals surface area contributed by atoms with Crippen molar-refractivity contribution in [2.24, 2.45) is 0 Å². The van der Waals surface area contributed by atoms with Crippen LogP contribution < -0.4 is 59.1 Å². The molecule has 0 aliphatic carbocycles. The van der Waals surface area contributed by atoms with Crippen molar-refractivity contribution in [3.05, 3.63) is 34.9 Å². The molecule has 0 aromatic heterocycles. The monoisotopic (exact) mass is 266 g/mol. The fraction of sp³-hybridized carbons (Fsp3) is 0. The second-order valence-corrected chi connectivity index (χ2v) is 2.66. The van der Waals surface area contributed by atoms with Crippen molar-refractivity contribution in [1.29, 1.82) is 0 Å². The first kappa shape index (κ1) is 21.5. The molecule has 0 spiro atoms. The summed E-state index contributed by atoms with van der Waals surface area (Å²) in [5.74, 6) is 0. The number of hydrogen-bond acceptors (Lipinski definition) is 4. The zero-order chi connectivity index (χ0) is 10.3. The largest absolute Gasteiger partial charge is 1.00 e. The first-order valence-corrected chi connectivity index (χ1v) is 4.42. The van der Waals surface area contributed by atoms with Gasteiger partial charge in [-0.15, -0.1) is 11.4 Å². The van der Waals surface area contributed by atoms with Crippen molar-refractivity contribution in [2.45, 2.75) is 0 Å². The average Bonchev–Trinajstić information content (AvgIpc) is 2.04. The third-order valence-electron chi connectivity index (χ3n) is 1.03. The molecule has 0 atom stereocenters. The van der Waals surface area contributed by atoms with Gasteiger partial charge in [-0.3, -0.25) is 9.00 Å². The van der Waals surface area contributed by atoms with Gasteiger partial charge in [0.25, 0.3) is 0 Å². The Labute approximate surface area is 139 Å². The van der Waals surface area contributed by atoms with Crippen LogP contribution in [0.5, 0.6) is 0 Å². The molecule has 72 valence electrons. The Balaban J connectivity index is -0.000000213. The van der Waals surface area contributed by atoms with E-state index in [1.54, 1.807) is 24.3 Å². The minimum Gasteiger partial charge on any atom is -0.784 e. The average molecular weight is 267 g/mol. The van der Waals surface area contributed by atoms with Crippen molar-refractivity contribution >= 4 is 29.2 Å². The molecule has 0 unspecified atom stereocenters. The van der Waals surface area contributed by atoms with Crippen LogP contribution in [-0.4, -0.2) is 19.6 Å². The van der Waals surface area contributed by atoms with Crippen LogP contribution in [0.3, 0.4) is 0 Å². The van der Waals surface area contributed by atoms with Gasteiger partial charge in [0.05, 0.1) is 5.02 Å². The van der Waals surface area contributed by atoms with Gasteiger partial charge in [0.15, 0.2) is 6.29 Å². The quantitative estimate of drug-likeness (QED) is 0.290. The van der Waals surface area contributed by atoms with E-state index in [1.807, 2.05) is 0 Å². The molecular formula is C7H5ClNa2O4S. The minimum absolute atomic E-state index is 0. The zero-order valence-corrected chi connectivity index (χ0v) is 13.9. The molecule has 0 fully saturated rings. The predicted octanol–water partition coefficient (Wildman–Crippen LogP) is -4.84. The fourth-order valence-corrected chi connectivity index (χ4v) is 0.751. The summed E-state index contributed by atoms with van der Waals surface area (Å²) >= 11 is 2.48. The summed E-state index contributed by atoms with van der Waals surface area (Å²) in [6, 6.07) is 6.92. The molecule has 0 saturated carbocycles. The number of hydrogen-bond donors (Lipinski definition) is 0. The topological polar surface area (TPSA) is 80.3 Å².